The molecule has 40 heavy (non-hydrogen) atoms. The van der Waals surface area contributed by atoms with Gasteiger partial charge in [0.2, 0.25) is 0 Å². The Morgan fingerprint density at radius 1 is 1.05 bits per heavy atom. The van der Waals surface area contributed by atoms with E-state index in [0.29, 0.717) is 6.07 Å². The summed E-state index contributed by atoms with van der Waals surface area (Å²) < 4.78 is 42.4. The van der Waals surface area contributed by atoms with Gasteiger partial charge < -0.3 is 0 Å². The number of nitro groups is 2. The highest BCUT2D eigenvalue weighted by Gasteiger charge is 2.31. The average Bonchev–Trinajstić information content (AvgIpc) is 2.90. The van der Waals surface area contributed by atoms with Crippen molar-refractivity contribution in [2.24, 2.45) is 4.99 Å². The van der Waals surface area contributed by atoms with Crippen LogP contribution < -0.4 is 9.62 Å². The van der Waals surface area contributed by atoms with E-state index < -0.39 is 53.2 Å². The Morgan fingerprint density at radius 3 is 2.35 bits per heavy atom. The molecule has 0 aliphatic carbocycles. The lowest BCUT2D eigenvalue weighted by atomic mass is 10.0. The third-order valence-corrected chi connectivity index (χ3v) is 7.27. The predicted octanol–water partition coefficient (Wildman–Crippen LogP) is 5.42. The van der Waals surface area contributed by atoms with E-state index in [1.54, 1.807) is 19.1 Å². The number of hydrogen-bond acceptors (Lipinski definition) is 10. The molecule has 0 saturated carbocycles. The Bertz CT molecular complexity index is 1860. The van der Waals surface area contributed by atoms with Crippen molar-refractivity contribution in [2.75, 3.05) is 9.62 Å². The van der Waals surface area contributed by atoms with Crippen molar-refractivity contribution in [3.05, 3.63) is 96.8 Å². The van der Waals surface area contributed by atoms with Gasteiger partial charge in [-0.25, -0.2) is 17.8 Å². The number of aliphatic imine (C=N–C) groups is 1. The van der Waals surface area contributed by atoms with E-state index in [-0.39, 0.29) is 33.5 Å². The van der Waals surface area contributed by atoms with E-state index in [1.165, 1.54) is 23.1 Å². The van der Waals surface area contributed by atoms with Crippen LogP contribution in [0.5, 0.6) is 0 Å². The lowest BCUT2D eigenvalue weighted by Gasteiger charge is -2.32. The van der Waals surface area contributed by atoms with Crippen LogP contribution in [0.25, 0.3) is 5.70 Å². The Kier molecular flexibility index (Phi) is 7.20. The maximum Gasteiger partial charge on any atom is 0.300 e. The quantitative estimate of drug-likeness (QED) is 0.224. The first-order valence-corrected chi connectivity index (χ1v) is 12.7. The highest BCUT2D eigenvalue weighted by Crippen LogP contribution is 2.41. The fourth-order valence-corrected chi connectivity index (χ4v) is 5.14. The molecule has 0 fully saturated rings. The summed E-state index contributed by atoms with van der Waals surface area (Å²) in [6.45, 7) is 1.55. The van der Waals surface area contributed by atoms with Crippen LogP contribution in [0.4, 0.5) is 32.8 Å². The molecule has 13 nitrogen and oxygen atoms in total. The first kappa shape index (κ1) is 27.6. The van der Waals surface area contributed by atoms with Crippen LogP contribution in [-0.2, 0) is 10.0 Å². The van der Waals surface area contributed by atoms with Crippen molar-refractivity contribution in [3.63, 3.8) is 0 Å². The Morgan fingerprint density at radius 2 is 1.75 bits per heavy atom. The summed E-state index contributed by atoms with van der Waals surface area (Å²) in [6, 6.07) is 13.1. The number of nitrogens with one attached hydrogen (secondary N) is 1. The summed E-state index contributed by atoms with van der Waals surface area (Å²) in [5, 5.41) is 41.6. The molecular weight excluding hydrogens is 569 g/mol. The first-order valence-electron chi connectivity index (χ1n) is 10.8. The predicted molar refractivity (Wildman–Crippen MR) is 142 cm³/mol. The molecule has 3 aromatic carbocycles. The van der Waals surface area contributed by atoms with E-state index >= 15 is 0 Å². The molecule has 0 radical (unpaired) electrons. The van der Waals surface area contributed by atoms with Crippen LogP contribution >= 0.6 is 11.6 Å². The zero-order chi connectivity index (χ0) is 29.4. The van der Waals surface area contributed by atoms with E-state index in [9.17, 15) is 43.6 Å². The molecule has 0 spiro atoms. The lowest BCUT2D eigenvalue weighted by Crippen LogP contribution is -2.30. The van der Waals surface area contributed by atoms with E-state index in [4.69, 9.17) is 11.6 Å². The summed E-state index contributed by atoms with van der Waals surface area (Å²) in [5.74, 6) is -0.466. The molecule has 4 rings (SSSR count). The Labute approximate surface area is 230 Å². The SMILES string of the molecule is CC1=Nc2ccc(S(=O)(=O)Nc3ccc([N+](=O)[O-])cc3[N+](=O)[O-])cc2C(=C(C#N)C#N)N1c1ccc(F)c(Cl)c1. The molecule has 0 aromatic heterocycles. The van der Waals surface area contributed by atoms with Crippen LogP contribution in [0.2, 0.25) is 5.02 Å². The van der Waals surface area contributed by atoms with Gasteiger partial charge in [-0.2, -0.15) is 10.5 Å². The van der Waals surface area contributed by atoms with E-state index in [2.05, 4.69) is 4.99 Å². The maximum atomic E-state index is 13.8. The largest absolute Gasteiger partial charge is 0.300 e. The number of sulfonamides is 1. The summed E-state index contributed by atoms with van der Waals surface area (Å²) in [5.41, 5.74) is -2.04. The van der Waals surface area contributed by atoms with E-state index in [1.807, 2.05) is 4.72 Å². The molecule has 0 bridgehead atoms. The number of fused-ring (bicyclic) bond motifs is 1. The smallest absolute Gasteiger partial charge is 0.296 e. The number of halogens is 2. The number of non-ortho nitro benzene ring substituents is 1. The van der Waals surface area contributed by atoms with Gasteiger partial charge in [-0.05, 0) is 49.4 Å². The number of anilines is 2. The molecule has 1 heterocycles. The highest BCUT2D eigenvalue weighted by atomic mass is 35.5. The second kappa shape index (κ2) is 10.4. The summed E-state index contributed by atoms with van der Waals surface area (Å²) in [7, 11) is -4.56. The van der Waals surface area contributed by atoms with Gasteiger partial charge in [0.25, 0.3) is 21.4 Å². The van der Waals surface area contributed by atoms with Gasteiger partial charge in [0.05, 0.1) is 37.2 Å². The number of benzene rings is 3. The molecule has 0 amide bonds. The van der Waals surface area contributed by atoms with Gasteiger partial charge in [-0.3, -0.25) is 29.9 Å². The minimum atomic E-state index is -4.56. The van der Waals surface area contributed by atoms with Crippen LogP contribution in [0.1, 0.15) is 12.5 Å². The van der Waals surface area contributed by atoms with Crippen molar-refractivity contribution in [2.45, 2.75) is 11.8 Å². The van der Waals surface area contributed by atoms with E-state index in [0.717, 1.165) is 30.3 Å². The Balaban J connectivity index is 1.88. The van der Waals surface area contributed by atoms with Crippen LogP contribution in [-0.4, -0.2) is 24.1 Å². The van der Waals surface area contributed by atoms with Gasteiger partial charge in [0, 0.05) is 17.3 Å². The first-order chi connectivity index (χ1) is 18.9. The summed E-state index contributed by atoms with van der Waals surface area (Å²) in [4.78, 5) is 25.9. The number of hydrogen-bond donors (Lipinski definition) is 1. The molecule has 0 atom stereocenters. The van der Waals surface area contributed by atoms with Gasteiger partial charge in [-0.15, -0.1) is 0 Å². The number of nitriles is 2. The molecule has 1 N–H and O–H groups in total. The molecular formula is C24H13ClFN7O6S. The number of amidine groups is 1. The molecule has 0 unspecified atom stereocenters. The van der Waals surface area contributed by atoms with Gasteiger partial charge >= 0.3 is 0 Å². The Hall–Kier alpha value is -5.38. The topological polar surface area (TPSA) is 196 Å². The van der Waals surface area contributed by atoms with Crippen LogP contribution in [0, 0.1) is 48.7 Å². The fourth-order valence-electron chi connectivity index (χ4n) is 3.87. The molecule has 16 heteroatoms. The standard InChI is InChI=1S/C24H13ClFN7O6S/c1-13-29-21-7-4-17(40(38,39)30-22-6-3-16(32(34)35)9-23(22)33(36)37)10-18(21)24(14(11-27)12-28)31(13)15-2-5-20(26)19(25)8-15/h2-10,30H,1H3. The second-order valence-corrected chi connectivity index (χ2v) is 10.1. The molecule has 1 aliphatic rings. The third-order valence-electron chi connectivity index (χ3n) is 5.62. The molecule has 0 saturated heterocycles. The monoisotopic (exact) mass is 581 g/mol. The summed E-state index contributed by atoms with van der Waals surface area (Å²) >= 11 is 5.94. The average molecular weight is 582 g/mol. The highest BCUT2D eigenvalue weighted by molar-refractivity contribution is 7.92. The number of rotatable bonds is 6. The second-order valence-electron chi connectivity index (χ2n) is 8.04. The van der Waals surface area contributed by atoms with Crippen molar-refractivity contribution in [1.82, 2.24) is 0 Å². The number of allylic oxidation sites excluding steroid dienone is 1. The molecule has 200 valence electrons. The molecule has 3 aromatic rings. The molecule has 1 aliphatic heterocycles. The minimum absolute atomic E-state index is 0.0326. The van der Waals surface area contributed by atoms with Gasteiger partial charge in [0.15, 0.2) is 5.57 Å². The van der Waals surface area contributed by atoms with Gasteiger partial charge in [-0.1, -0.05) is 11.6 Å². The number of nitro benzene ring substituents is 2. The zero-order valence-electron chi connectivity index (χ0n) is 20.0. The van der Waals surface area contributed by atoms with Crippen molar-refractivity contribution in [3.8, 4) is 12.1 Å². The minimum Gasteiger partial charge on any atom is -0.296 e. The number of nitrogens with zero attached hydrogens (tertiary/aromatic N) is 6. The van der Waals surface area contributed by atoms with Crippen molar-refractivity contribution >= 4 is 61.6 Å². The van der Waals surface area contributed by atoms with Crippen molar-refractivity contribution < 1.29 is 22.7 Å². The van der Waals surface area contributed by atoms with Crippen LogP contribution in [0.15, 0.2) is 70.1 Å². The van der Waals surface area contributed by atoms with Crippen molar-refractivity contribution in [1.29, 1.82) is 10.5 Å². The third kappa shape index (κ3) is 5.02. The fraction of sp³-hybridized carbons (Fsp3) is 0.0417. The lowest BCUT2D eigenvalue weighted by molar-refractivity contribution is -0.393. The maximum absolute atomic E-state index is 13.8. The zero-order valence-corrected chi connectivity index (χ0v) is 21.6. The summed E-state index contributed by atoms with van der Waals surface area (Å²) in [6.07, 6.45) is 0. The van der Waals surface area contributed by atoms with Crippen LogP contribution in [0.3, 0.4) is 0 Å². The normalized spacial score (nSPS) is 12.5. The van der Waals surface area contributed by atoms with Gasteiger partial charge in [0.1, 0.15) is 29.5 Å².